The van der Waals surface area contributed by atoms with Gasteiger partial charge < -0.3 is 0 Å². The van der Waals surface area contributed by atoms with Gasteiger partial charge in [-0.3, -0.25) is 0 Å². The summed E-state index contributed by atoms with van der Waals surface area (Å²) >= 11 is 0. The van der Waals surface area contributed by atoms with Gasteiger partial charge in [0.05, 0.1) is 0 Å². The summed E-state index contributed by atoms with van der Waals surface area (Å²) in [6.07, 6.45) is 11.1. The molecule has 11 atom stereocenters. The normalized spacial score (nSPS) is 66.9. The molecule has 11 unspecified atom stereocenters. The third-order valence-corrected chi connectivity index (χ3v) is 10.8. The highest BCUT2D eigenvalue weighted by atomic mass is 14.7. The lowest BCUT2D eigenvalue weighted by Gasteiger charge is -2.67. The molecule has 6 aliphatic rings. The summed E-state index contributed by atoms with van der Waals surface area (Å²) in [5.41, 5.74) is 1.56. The molecule has 0 nitrogen and oxygen atoms in total. The Morgan fingerprint density at radius 2 is 1.39 bits per heavy atom. The number of hydrogen-bond acceptors (Lipinski definition) is 0. The van der Waals surface area contributed by atoms with Gasteiger partial charge in [-0.05, 0) is 103 Å². The summed E-state index contributed by atoms with van der Waals surface area (Å²) in [7, 11) is 0. The quantitative estimate of drug-likeness (QED) is 0.553. The van der Waals surface area contributed by atoms with E-state index in [1.807, 2.05) is 0 Å². The standard InChI is InChI=1S/C23H38/c1-13-6-7-20(13)22-8-15(3)18(10-22)21(12-22)23-9-14(2)16(4)19(11-23)17(23)5/h13-21H,6-12H2,1-5H3. The number of rotatable bonds is 2. The summed E-state index contributed by atoms with van der Waals surface area (Å²) in [6.45, 7) is 12.9. The van der Waals surface area contributed by atoms with E-state index in [1.165, 1.54) is 6.42 Å². The van der Waals surface area contributed by atoms with E-state index in [-0.39, 0.29) is 0 Å². The van der Waals surface area contributed by atoms with Crippen molar-refractivity contribution in [2.45, 2.75) is 79.6 Å². The average molecular weight is 315 g/mol. The minimum absolute atomic E-state index is 0.769. The fourth-order valence-electron chi connectivity index (χ4n) is 9.33. The predicted molar refractivity (Wildman–Crippen MR) is 97.0 cm³/mol. The van der Waals surface area contributed by atoms with Crippen LogP contribution < -0.4 is 0 Å². The SMILES string of the molecule is CC1CC2(C3CC4(C5CCC5C)CC(C)C3C4)CC(C1C)C2C. The van der Waals surface area contributed by atoms with Gasteiger partial charge in [0.15, 0.2) is 0 Å². The van der Waals surface area contributed by atoms with Crippen molar-refractivity contribution >= 4 is 0 Å². The molecule has 0 heterocycles. The highest BCUT2D eigenvalue weighted by Crippen LogP contribution is 2.76. The van der Waals surface area contributed by atoms with Crippen LogP contribution in [-0.4, -0.2) is 0 Å². The molecule has 0 radical (unpaired) electrons. The molecule has 0 N–H and O–H groups in total. The molecule has 6 fully saturated rings. The van der Waals surface area contributed by atoms with Gasteiger partial charge in [0, 0.05) is 0 Å². The van der Waals surface area contributed by atoms with Crippen LogP contribution in [0.5, 0.6) is 0 Å². The summed E-state index contributed by atoms with van der Waals surface area (Å²) < 4.78 is 0. The number of hydrogen-bond donors (Lipinski definition) is 0. The average Bonchev–Trinajstić information content (AvgIpc) is 3.01. The van der Waals surface area contributed by atoms with Crippen molar-refractivity contribution in [3.05, 3.63) is 0 Å². The fourth-order valence-corrected chi connectivity index (χ4v) is 9.33. The zero-order valence-electron chi connectivity index (χ0n) is 16.1. The Kier molecular flexibility index (Phi) is 3.04. The summed E-state index contributed by atoms with van der Waals surface area (Å²) in [5, 5.41) is 0. The second-order valence-corrected chi connectivity index (χ2v) is 11.3. The molecule has 0 aliphatic heterocycles. The van der Waals surface area contributed by atoms with Crippen molar-refractivity contribution in [1.82, 2.24) is 0 Å². The molecular formula is C23H38. The van der Waals surface area contributed by atoms with E-state index >= 15 is 0 Å². The van der Waals surface area contributed by atoms with E-state index in [0.717, 1.165) is 64.1 Å². The van der Waals surface area contributed by atoms with Crippen LogP contribution in [0, 0.1) is 64.1 Å². The molecule has 0 amide bonds. The molecule has 6 saturated carbocycles. The zero-order chi connectivity index (χ0) is 16.1. The number of fused-ring (bicyclic) bond motifs is 4. The van der Waals surface area contributed by atoms with Gasteiger partial charge in [-0.25, -0.2) is 0 Å². The van der Waals surface area contributed by atoms with Gasteiger partial charge in [-0.15, -0.1) is 0 Å². The second kappa shape index (κ2) is 4.59. The zero-order valence-corrected chi connectivity index (χ0v) is 16.1. The molecule has 0 aromatic rings. The van der Waals surface area contributed by atoms with Gasteiger partial charge >= 0.3 is 0 Å². The van der Waals surface area contributed by atoms with Crippen LogP contribution in [0.15, 0.2) is 0 Å². The maximum Gasteiger partial charge on any atom is -0.0232 e. The smallest absolute Gasteiger partial charge is 0.0232 e. The lowest BCUT2D eigenvalue weighted by molar-refractivity contribution is -0.189. The van der Waals surface area contributed by atoms with Crippen LogP contribution in [-0.2, 0) is 0 Å². The van der Waals surface area contributed by atoms with Gasteiger partial charge in [-0.2, -0.15) is 0 Å². The van der Waals surface area contributed by atoms with Crippen LogP contribution in [0.1, 0.15) is 79.6 Å². The Morgan fingerprint density at radius 3 is 2.00 bits per heavy atom. The van der Waals surface area contributed by atoms with Gasteiger partial charge in [-0.1, -0.05) is 41.0 Å². The van der Waals surface area contributed by atoms with E-state index in [4.69, 9.17) is 0 Å². The van der Waals surface area contributed by atoms with E-state index < -0.39 is 0 Å². The van der Waals surface area contributed by atoms with Gasteiger partial charge in [0.25, 0.3) is 0 Å². The van der Waals surface area contributed by atoms with Crippen molar-refractivity contribution in [2.24, 2.45) is 64.1 Å². The van der Waals surface area contributed by atoms with E-state index in [0.29, 0.717) is 0 Å². The first kappa shape index (κ1) is 15.3. The van der Waals surface area contributed by atoms with Crippen LogP contribution in [0.4, 0.5) is 0 Å². The highest BCUT2D eigenvalue weighted by Gasteiger charge is 2.69. The maximum atomic E-state index is 2.64. The summed E-state index contributed by atoms with van der Waals surface area (Å²) in [4.78, 5) is 0. The van der Waals surface area contributed by atoms with Crippen molar-refractivity contribution in [2.75, 3.05) is 0 Å². The van der Waals surface area contributed by atoms with Gasteiger partial charge in [0.1, 0.15) is 0 Å². The highest BCUT2D eigenvalue weighted by molar-refractivity contribution is 5.17. The first-order valence-corrected chi connectivity index (χ1v) is 10.9. The second-order valence-electron chi connectivity index (χ2n) is 11.3. The van der Waals surface area contributed by atoms with Crippen LogP contribution in [0.3, 0.4) is 0 Å². The lowest BCUT2D eigenvalue weighted by atomic mass is 9.37. The topological polar surface area (TPSA) is 0 Å². The van der Waals surface area contributed by atoms with Crippen LogP contribution in [0.25, 0.3) is 0 Å². The first-order valence-electron chi connectivity index (χ1n) is 10.9. The van der Waals surface area contributed by atoms with Crippen molar-refractivity contribution in [3.8, 4) is 0 Å². The van der Waals surface area contributed by atoms with E-state index in [9.17, 15) is 0 Å². The molecule has 0 saturated heterocycles. The Bertz CT molecular complexity index is 508. The minimum atomic E-state index is 0.769. The Labute approximate surface area is 144 Å². The third kappa shape index (κ3) is 1.70. The van der Waals surface area contributed by atoms with Crippen LogP contribution >= 0.6 is 0 Å². The summed E-state index contributed by atoms with van der Waals surface area (Å²) in [6, 6.07) is 0. The first-order chi connectivity index (χ1) is 10.9. The van der Waals surface area contributed by atoms with Crippen LogP contribution in [0.2, 0.25) is 0 Å². The molecule has 0 aromatic heterocycles. The molecule has 4 bridgehead atoms. The Balaban J connectivity index is 1.44. The van der Waals surface area contributed by atoms with E-state index in [1.54, 1.807) is 38.5 Å². The minimum Gasteiger partial charge on any atom is -0.0622 e. The van der Waals surface area contributed by atoms with E-state index in [2.05, 4.69) is 34.6 Å². The largest absolute Gasteiger partial charge is 0.0622 e. The summed E-state index contributed by atoms with van der Waals surface area (Å²) in [5.74, 6) is 9.41. The molecule has 130 valence electrons. The van der Waals surface area contributed by atoms with Gasteiger partial charge in [0.2, 0.25) is 0 Å². The van der Waals surface area contributed by atoms with Crippen molar-refractivity contribution < 1.29 is 0 Å². The molecule has 6 aliphatic carbocycles. The lowest BCUT2D eigenvalue weighted by Crippen LogP contribution is -2.60. The Morgan fingerprint density at radius 1 is 0.609 bits per heavy atom. The van der Waals surface area contributed by atoms with Crippen molar-refractivity contribution in [1.29, 1.82) is 0 Å². The molecule has 0 aromatic carbocycles. The predicted octanol–water partition coefficient (Wildman–Crippen LogP) is 6.40. The van der Waals surface area contributed by atoms with Crippen molar-refractivity contribution in [3.63, 3.8) is 0 Å². The Hall–Kier alpha value is 0. The molecule has 6 rings (SSSR count). The molecule has 0 spiro atoms. The molecular weight excluding hydrogens is 276 g/mol. The molecule has 0 heteroatoms. The third-order valence-electron chi connectivity index (χ3n) is 10.8. The molecule has 23 heavy (non-hydrogen) atoms. The maximum absolute atomic E-state index is 2.64. The monoisotopic (exact) mass is 314 g/mol. The fraction of sp³-hybridized carbons (Fsp3) is 1.00.